The minimum Gasteiger partial charge on any atom is -0.311 e. The summed E-state index contributed by atoms with van der Waals surface area (Å²) in [4.78, 5) is 4.65. The second-order valence-corrected chi connectivity index (χ2v) is 5.35. The van der Waals surface area contributed by atoms with Crippen LogP contribution in [0.25, 0.3) is 10.9 Å². The van der Waals surface area contributed by atoms with Gasteiger partial charge in [0.05, 0.1) is 11.2 Å². The Morgan fingerprint density at radius 3 is 2.61 bits per heavy atom. The molecule has 2 rings (SSSR count). The van der Waals surface area contributed by atoms with E-state index in [1.54, 1.807) is 0 Å². The summed E-state index contributed by atoms with van der Waals surface area (Å²) in [6, 6.07) is 12.5. The van der Waals surface area contributed by atoms with Gasteiger partial charge in [-0.1, -0.05) is 45.0 Å². The van der Waals surface area contributed by atoms with Crippen LogP contribution in [0.5, 0.6) is 0 Å². The zero-order chi connectivity index (χ0) is 13.0. The summed E-state index contributed by atoms with van der Waals surface area (Å²) in [6.07, 6.45) is 0. The number of rotatable bonds is 5. The van der Waals surface area contributed by atoms with E-state index >= 15 is 0 Å². The molecule has 0 saturated heterocycles. The first-order valence-electron chi connectivity index (χ1n) is 6.72. The summed E-state index contributed by atoms with van der Waals surface area (Å²) in [7, 11) is 0. The van der Waals surface area contributed by atoms with Gasteiger partial charge in [0.15, 0.2) is 0 Å². The predicted molar refractivity (Wildman–Crippen MR) is 77.5 cm³/mol. The summed E-state index contributed by atoms with van der Waals surface area (Å²) < 4.78 is 0. The summed E-state index contributed by atoms with van der Waals surface area (Å²) >= 11 is 0. The van der Waals surface area contributed by atoms with Crippen LogP contribution in [0.3, 0.4) is 0 Å². The lowest BCUT2D eigenvalue weighted by molar-refractivity contribution is 0.392. The van der Waals surface area contributed by atoms with Crippen molar-refractivity contribution in [2.45, 2.75) is 27.3 Å². The molecule has 1 aromatic heterocycles. The highest BCUT2D eigenvalue weighted by molar-refractivity contribution is 5.78. The van der Waals surface area contributed by atoms with Gasteiger partial charge in [-0.15, -0.1) is 0 Å². The maximum Gasteiger partial charge on any atom is 0.0705 e. The number of hydrogen-bond acceptors (Lipinski definition) is 2. The molecule has 2 nitrogen and oxygen atoms in total. The lowest BCUT2D eigenvalue weighted by Crippen LogP contribution is -2.24. The summed E-state index contributed by atoms with van der Waals surface area (Å²) in [5, 5.41) is 4.69. The van der Waals surface area contributed by atoms with Crippen LogP contribution in [-0.4, -0.2) is 11.5 Å². The van der Waals surface area contributed by atoms with Gasteiger partial charge in [-0.3, -0.25) is 4.98 Å². The summed E-state index contributed by atoms with van der Waals surface area (Å²) in [5.74, 6) is 1.42. The van der Waals surface area contributed by atoms with E-state index in [9.17, 15) is 0 Å². The number of nitrogens with zero attached hydrogens (tertiary/aromatic N) is 1. The Morgan fingerprint density at radius 1 is 1.06 bits per heavy atom. The molecule has 0 amide bonds. The molecule has 0 fully saturated rings. The molecule has 1 heterocycles. The maximum absolute atomic E-state index is 4.65. The molecule has 1 unspecified atom stereocenters. The first-order chi connectivity index (χ1) is 8.66. The van der Waals surface area contributed by atoms with Gasteiger partial charge in [0.25, 0.3) is 0 Å². The van der Waals surface area contributed by atoms with Crippen LogP contribution < -0.4 is 5.32 Å². The summed E-state index contributed by atoms with van der Waals surface area (Å²) in [6.45, 7) is 8.71. The molecule has 0 aliphatic carbocycles. The van der Waals surface area contributed by atoms with Crippen LogP contribution in [0.2, 0.25) is 0 Å². The first-order valence-corrected chi connectivity index (χ1v) is 6.72. The average Bonchev–Trinajstić information content (AvgIpc) is 2.38. The number of hydrogen-bond donors (Lipinski definition) is 1. The number of nitrogens with one attached hydrogen (secondary N) is 1. The van der Waals surface area contributed by atoms with Crippen LogP contribution in [0.4, 0.5) is 0 Å². The first kappa shape index (κ1) is 13.0. The van der Waals surface area contributed by atoms with E-state index in [0.717, 1.165) is 30.2 Å². The van der Waals surface area contributed by atoms with Crippen LogP contribution in [0.15, 0.2) is 36.4 Å². The lowest BCUT2D eigenvalue weighted by Gasteiger charge is -2.15. The van der Waals surface area contributed by atoms with E-state index in [2.05, 4.69) is 55.3 Å². The minimum absolute atomic E-state index is 0.699. The van der Waals surface area contributed by atoms with Crippen molar-refractivity contribution in [3.63, 3.8) is 0 Å². The second-order valence-electron chi connectivity index (χ2n) is 5.35. The van der Waals surface area contributed by atoms with Crippen LogP contribution in [-0.2, 0) is 6.54 Å². The SMILES string of the molecule is CC(C)C(C)CNCc1ccc2ccccc2n1. The topological polar surface area (TPSA) is 24.9 Å². The number of para-hydroxylation sites is 1. The Balaban J connectivity index is 1.96. The molecule has 0 saturated carbocycles. The molecule has 1 atom stereocenters. The summed E-state index contributed by atoms with van der Waals surface area (Å²) in [5.41, 5.74) is 2.19. The maximum atomic E-state index is 4.65. The fourth-order valence-corrected chi connectivity index (χ4v) is 1.87. The van der Waals surface area contributed by atoms with Gasteiger partial charge in [0, 0.05) is 11.9 Å². The number of aromatic nitrogens is 1. The van der Waals surface area contributed by atoms with Crippen LogP contribution >= 0.6 is 0 Å². The van der Waals surface area contributed by atoms with E-state index in [0.29, 0.717) is 5.92 Å². The molecule has 0 aliphatic heterocycles. The average molecular weight is 242 g/mol. The van der Waals surface area contributed by atoms with E-state index in [-0.39, 0.29) is 0 Å². The van der Waals surface area contributed by atoms with Gasteiger partial charge in [-0.25, -0.2) is 0 Å². The third-order valence-electron chi connectivity index (χ3n) is 3.57. The molecule has 2 heteroatoms. The molecular weight excluding hydrogens is 220 g/mol. The molecule has 96 valence electrons. The zero-order valence-corrected chi connectivity index (χ0v) is 11.5. The van der Waals surface area contributed by atoms with Crippen molar-refractivity contribution in [1.29, 1.82) is 0 Å². The van der Waals surface area contributed by atoms with Crippen LogP contribution in [0, 0.1) is 11.8 Å². The largest absolute Gasteiger partial charge is 0.311 e. The minimum atomic E-state index is 0.699. The second kappa shape index (κ2) is 5.96. The Hall–Kier alpha value is -1.41. The Labute approximate surface area is 109 Å². The van der Waals surface area contributed by atoms with Crippen molar-refractivity contribution >= 4 is 10.9 Å². The quantitative estimate of drug-likeness (QED) is 0.866. The third kappa shape index (κ3) is 3.30. The number of fused-ring (bicyclic) bond motifs is 1. The van der Waals surface area contributed by atoms with E-state index in [1.807, 2.05) is 12.1 Å². The highest BCUT2D eigenvalue weighted by Gasteiger charge is 2.06. The predicted octanol–water partition coefficient (Wildman–Crippen LogP) is 3.62. The lowest BCUT2D eigenvalue weighted by atomic mass is 9.98. The normalized spacial score (nSPS) is 13.1. The molecule has 0 bridgehead atoms. The molecule has 0 spiro atoms. The molecule has 0 aliphatic rings. The van der Waals surface area contributed by atoms with Crippen molar-refractivity contribution < 1.29 is 0 Å². The van der Waals surface area contributed by atoms with E-state index < -0.39 is 0 Å². The molecular formula is C16H22N2. The molecule has 18 heavy (non-hydrogen) atoms. The molecule has 1 N–H and O–H groups in total. The van der Waals surface area contributed by atoms with Gasteiger partial charge in [0.1, 0.15) is 0 Å². The Bertz CT molecular complexity index is 505. The monoisotopic (exact) mass is 242 g/mol. The van der Waals surface area contributed by atoms with Gasteiger partial charge < -0.3 is 5.32 Å². The standard InChI is InChI=1S/C16H22N2/c1-12(2)13(3)10-17-11-15-9-8-14-6-4-5-7-16(14)18-15/h4-9,12-13,17H,10-11H2,1-3H3. The van der Waals surface area contributed by atoms with Crippen molar-refractivity contribution in [1.82, 2.24) is 10.3 Å². The van der Waals surface area contributed by atoms with Crippen molar-refractivity contribution in [3.05, 3.63) is 42.1 Å². The smallest absolute Gasteiger partial charge is 0.0705 e. The highest BCUT2D eigenvalue weighted by atomic mass is 14.9. The van der Waals surface area contributed by atoms with Gasteiger partial charge in [0.2, 0.25) is 0 Å². The number of pyridine rings is 1. The third-order valence-corrected chi connectivity index (χ3v) is 3.57. The Morgan fingerprint density at radius 2 is 1.83 bits per heavy atom. The number of benzene rings is 1. The van der Waals surface area contributed by atoms with Crippen LogP contribution in [0.1, 0.15) is 26.5 Å². The molecule has 2 aromatic rings. The van der Waals surface area contributed by atoms with Crippen molar-refractivity contribution in [2.24, 2.45) is 11.8 Å². The fraction of sp³-hybridized carbons (Fsp3) is 0.438. The van der Waals surface area contributed by atoms with Gasteiger partial charge >= 0.3 is 0 Å². The van der Waals surface area contributed by atoms with E-state index in [1.165, 1.54) is 5.39 Å². The van der Waals surface area contributed by atoms with E-state index in [4.69, 9.17) is 0 Å². The van der Waals surface area contributed by atoms with Crippen molar-refractivity contribution in [3.8, 4) is 0 Å². The zero-order valence-electron chi connectivity index (χ0n) is 11.5. The van der Waals surface area contributed by atoms with Gasteiger partial charge in [-0.2, -0.15) is 0 Å². The Kier molecular flexibility index (Phi) is 4.32. The molecule has 1 aromatic carbocycles. The fourth-order valence-electron chi connectivity index (χ4n) is 1.87. The highest BCUT2D eigenvalue weighted by Crippen LogP contribution is 2.12. The molecule has 0 radical (unpaired) electrons. The van der Waals surface area contributed by atoms with Gasteiger partial charge in [-0.05, 0) is 30.5 Å². The van der Waals surface area contributed by atoms with Crippen molar-refractivity contribution in [2.75, 3.05) is 6.54 Å².